The Morgan fingerprint density at radius 1 is 1.24 bits per heavy atom. The molecule has 132 valence electrons. The van der Waals surface area contributed by atoms with Crippen LogP contribution in [-0.4, -0.2) is 38.2 Å². The van der Waals surface area contributed by atoms with E-state index in [2.05, 4.69) is 10.5 Å². The van der Waals surface area contributed by atoms with Crippen LogP contribution in [0.1, 0.15) is 5.56 Å². The maximum Gasteiger partial charge on any atom is 0.262 e. The average molecular weight is 365 g/mol. The molecule has 8 heteroatoms. The van der Waals surface area contributed by atoms with E-state index < -0.39 is 0 Å². The van der Waals surface area contributed by atoms with E-state index >= 15 is 0 Å². The summed E-state index contributed by atoms with van der Waals surface area (Å²) in [6.45, 7) is -0.276. The van der Waals surface area contributed by atoms with E-state index in [1.165, 1.54) is 26.5 Å². The maximum absolute atomic E-state index is 12.1. The van der Waals surface area contributed by atoms with Gasteiger partial charge in [-0.3, -0.25) is 4.79 Å². The van der Waals surface area contributed by atoms with Gasteiger partial charge < -0.3 is 24.7 Å². The normalized spacial score (nSPS) is 10.5. The Morgan fingerprint density at radius 2 is 1.96 bits per heavy atom. The first kappa shape index (κ1) is 18.4. The number of ether oxygens (including phenoxy) is 3. The van der Waals surface area contributed by atoms with Crippen LogP contribution < -0.4 is 19.5 Å². The number of hydrogen-bond acceptors (Lipinski definition) is 6. The first-order valence-corrected chi connectivity index (χ1v) is 7.57. The number of oxime groups is 1. The van der Waals surface area contributed by atoms with Gasteiger partial charge in [0.25, 0.3) is 5.91 Å². The highest BCUT2D eigenvalue weighted by atomic mass is 35.5. The van der Waals surface area contributed by atoms with Gasteiger partial charge in [-0.05, 0) is 24.3 Å². The molecule has 7 nitrogen and oxygen atoms in total. The predicted octanol–water partition coefficient (Wildman–Crippen LogP) is 3.18. The summed E-state index contributed by atoms with van der Waals surface area (Å²) in [6, 6.07) is 10.1. The summed E-state index contributed by atoms with van der Waals surface area (Å²) in [5.74, 6) is 0.685. The van der Waals surface area contributed by atoms with Gasteiger partial charge >= 0.3 is 0 Å². The fourth-order valence-corrected chi connectivity index (χ4v) is 2.37. The number of nitrogens with zero attached hydrogens (tertiary/aromatic N) is 1. The third-order valence-electron chi connectivity index (χ3n) is 3.19. The summed E-state index contributed by atoms with van der Waals surface area (Å²) >= 11 is 6.14. The van der Waals surface area contributed by atoms with Crippen LogP contribution in [-0.2, 0) is 4.79 Å². The van der Waals surface area contributed by atoms with Crippen molar-refractivity contribution in [3.05, 3.63) is 47.0 Å². The van der Waals surface area contributed by atoms with Crippen LogP contribution in [0.15, 0.2) is 41.6 Å². The van der Waals surface area contributed by atoms with Gasteiger partial charge in [-0.25, -0.2) is 0 Å². The van der Waals surface area contributed by atoms with Crippen molar-refractivity contribution in [2.24, 2.45) is 5.16 Å². The molecule has 2 aromatic carbocycles. The molecule has 0 saturated heterocycles. The molecule has 2 N–H and O–H groups in total. The molecule has 0 radical (unpaired) electrons. The number of halogens is 1. The largest absolute Gasteiger partial charge is 0.495 e. The smallest absolute Gasteiger partial charge is 0.262 e. The Kier molecular flexibility index (Phi) is 6.47. The second-order valence-electron chi connectivity index (χ2n) is 4.82. The molecule has 0 aliphatic carbocycles. The van der Waals surface area contributed by atoms with E-state index in [4.69, 9.17) is 31.0 Å². The van der Waals surface area contributed by atoms with Crippen molar-refractivity contribution >= 4 is 29.4 Å². The number of carbonyl (C=O) groups excluding carboxylic acids is 1. The minimum atomic E-state index is -0.386. The van der Waals surface area contributed by atoms with Crippen molar-refractivity contribution in [2.45, 2.75) is 0 Å². The van der Waals surface area contributed by atoms with Crippen LogP contribution in [0, 0.1) is 0 Å². The van der Waals surface area contributed by atoms with Gasteiger partial charge in [-0.1, -0.05) is 28.9 Å². The van der Waals surface area contributed by atoms with Gasteiger partial charge in [0.2, 0.25) is 0 Å². The average Bonchev–Trinajstić information content (AvgIpc) is 2.61. The number of methoxy groups -OCH3 is 2. The van der Waals surface area contributed by atoms with Crippen LogP contribution in [0.4, 0.5) is 5.69 Å². The quantitative estimate of drug-likeness (QED) is 0.447. The fourth-order valence-electron chi connectivity index (χ4n) is 2.09. The predicted molar refractivity (Wildman–Crippen MR) is 94.5 cm³/mol. The van der Waals surface area contributed by atoms with Gasteiger partial charge in [0.1, 0.15) is 5.75 Å². The lowest BCUT2D eigenvalue weighted by molar-refractivity contribution is -0.118. The number of amides is 1. The van der Waals surface area contributed by atoms with Crippen molar-refractivity contribution in [3.8, 4) is 17.2 Å². The van der Waals surface area contributed by atoms with Gasteiger partial charge in [0.15, 0.2) is 18.1 Å². The molecule has 0 aromatic heterocycles. The number of para-hydroxylation sites is 2. The first-order chi connectivity index (χ1) is 12.1. The van der Waals surface area contributed by atoms with E-state index in [1.807, 2.05) is 0 Å². The molecule has 0 saturated carbocycles. The Hall–Kier alpha value is -2.93. The third-order valence-corrected chi connectivity index (χ3v) is 3.47. The fraction of sp³-hybridized carbons (Fsp3) is 0.176. The molecule has 0 atom stereocenters. The molecule has 0 aliphatic heterocycles. The topological polar surface area (TPSA) is 89.4 Å². The van der Waals surface area contributed by atoms with Crippen molar-refractivity contribution in [1.82, 2.24) is 0 Å². The van der Waals surface area contributed by atoms with Gasteiger partial charge in [0.05, 0.1) is 31.1 Å². The number of carbonyl (C=O) groups is 1. The number of benzene rings is 2. The molecule has 1 amide bonds. The monoisotopic (exact) mass is 364 g/mol. The number of anilines is 1. The van der Waals surface area contributed by atoms with Crippen LogP contribution in [0.3, 0.4) is 0 Å². The highest BCUT2D eigenvalue weighted by molar-refractivity contribution is 6.32. The zero-order chi connectivity index (χ0) is 18.2. The third kappa shape index (κ3) is 4.77. The van der Waals surface area contributed by atoms with Crippen molar-refractivity contribution in [1.29, 1.82) is 0 Å². The minimum Gasteiger partial charge on any atom is -0.495 e. The van der Waals surface area contributed by atoms with Crippen molar-refractivity contribution in [3.63, 3.8) is 0 Å². The lowest BCUT2D eigenvalue weighted by Crippen LogP contribution is -2.20. The van der Waals surface area contributed by atoms with Crippen LogP contribution in [0.5, 0.6) is 17.2 Å². The van der Waals surface area contributed by atoms with E-state index in [0.717, 1.165) is 0 Å². The second-order valence-corrected chi connectivity index (χ2v) is 5.22. The van der Waals surface area contributed by atoms with Gasteiger partial charge in [-0.15, -0.1) is 0 Å². The molecule has 0 fully saturated rings. The first-order valence-electron chi connectivity index (χ1n) is 7.19. The summed E-state index contributed by atoms with van der Waals surface area (Å²) in [4.78, 5) is 12.1. The van der Waals surface area contributed by atoms with Crippen LogP contribution in [0.25, 0.3) is 0 Å². The Labute approximate surface area is 149 Å². The Bertz CT molecular complexity index is 780. The lowest BCUT2D eigenvalue weighted by atomic mass is 10.2. The number of hydrogen-bond donors (Lipinski definition) is 2. The Balaban J connectivity index is 2.09. The SMILES string of the molecule is COc1ccccc1NC(=O)COc1c(Cl)cc(/C=N/O)cc1OC. The highest BCUT2D eigenvalue weighted by Crippen LogP contribution is 2.36. The Morgan fingerprint density at radius 3 is 2.64 bits per heavy atom. The molecule has 0 unspecified atom stereocenters. The summed E-state index contributed by atoms with van der Waals surface area (Å²) in [6.07, 6.45) is 1.20. The molecular weight excluding hydrogens is 348 g/mol. The molecule has 0 spiro atoms. The molecule has 0 heterocycles. The zero-order valence-electron chi connectivity index (χ0n) is 13.7. The maximum atomic E-state index is 12.1. The van der Waals surface area contributed by atoms with Crippen molar-refractivity contribution in [2.75, 3.05) is 26.1 Å². The molecule has 25 heavy (non-hydrogen) atoms. The zero-order valence-corrected chi connectivity index (χ0v) is 14.4. The molecule has 2 rings (SSSR count). The minimum absolute atomic E-state index is 0.217. The lowest BCUT2D eigenvalue weighted by Gasteiger charge is -2.14. The van der Waals surface area contributed by atoms with Gasteiger partial charge in [-0.2, -0.15) is 0 Å². The summed E-state index contributed by atoms with van der Waals surface area (Å²) in [5, 5.41) is 14.4. The molecule has 0 aliphatic rings. The van der Waals surface area contributed by atoms with E-state index in [0.29, 0.717) is 22.7 Å². The second kappa shape index (κ2) is 8.79. The number of rotatable bonds is 7. The molecular formula is C17H17ClN2O5. The van der Waals surface area contributed by atoms with Crippen molar-refractivity contribution < 1.29 is 24.2 Å². The van der Waals surface area contributed by atoms with Crippen LogP contribution in [0.2, 0.25) is 5.02 Å². The summed E-state index contributed by atoms with van der Waals surface area (Å²) < 4.78 is 15.8. The van der Waals surface area contributed by atoms with E-state index in [-0.39, 0.29) is 23.3 Å². The molecule has 0 bridgehead atoms. The summed E-state index contributed by atoms with van der Waals surface area (Å²) in [5.41, 5.74) is 1.06. The number of nitrogens with one attached hydrogen (secondary N) is 1. The van der Waals surface area contributed by atoms with Crippen LogP contribution >= 0.6 is 11.6 Å². The molecule has 2 aromatic rings. The van der Waals surface area contributed by atoms with Gasteiger partial charge in [0, 0.05) is 5.56 Å². The summed E-state index contributed by atoms with van der Waals surface area (Å²) in [7, 11) is 2.96. The van der Waals surface area contributed by atoms with E-state index in [1.54, 1.807) is 30.3 Å². The standard InChI is InChI=1S/C17H17ClN2O5/c1-23-14-6-4-3-5-13(14)20-16(21)10-25-17-12(18)7-11(9-19-22)8-15(17)24-2/h3-9,22H,10H2,1-2H3,(H,20,21)/b19-9+. The highest BCUT2D eigenvalue weighted by Gasteiger charge is 2.14. The van der Waals surface area contributed by atoms with E-state index in [9.17, 15) is 4.79 Å².